The number of rotatable bonds is 6. The maximum Gasteiger partial charge on any atom is -1.00 e. The minimum Gasteiger partial charge on any atom is -1.00 e. The standard InChI is InChI=1S/C8H17.2ClH.Sn/c1-3-5-7-8-6-4-2;;;/h1,3-8H2,2H3;2*1H;/q;;;+3/p-2. The maximum atomic E-state index is 2.27. The van der Waals surface area contributed by atoms with Gasteiger partial charge in [0.1, 0.15) is 0 Å². The summed E-state index contributed by atoms with van der Waals surface area (Å²) < 4.78 is 1.46. The minimum atomic E-state index is 0. The summed E-state index contributed by atoms with van der Waals surface area (Å²) in [6.45, 7) is 2.27. The van der Waals surface area contributed by atoms with E-state index >= 15 is 0 Å². The van der Waals surface area contributed by atoms with Crippen LogP contribution in [0.15, 0.2) is 0 Å². The smallest absolute Gasteiger partial charge is 1.00 e. The fourth-order valence-corrected chi connectivity index (χ4v) is 1.62. The van der Waals surface area contributed by atoms with Crippen LogP contribution in [0.4, 0.5) is 0 Å². The van der Waals surface area contributed by atoms with E-state index in [4.69, 9.17) is 0 Å². The molecule has 66 valence electrons. The molecule has 0 saturated carbocycles. The summed E-state index contributed by atoms with van der Waals surface area (Å²) in [6.07, 6.45) is 8.71. The molecule has 0 nitrogen and oxygen atoms in total. The molecule has 0 radical (unpaired) electrons. The van der Waals surface area contributed by atoms with Crippen LogP contribution in [0.25, 0.3) is 0 Å². The molecule has 0 rings (SSSR count). The normalized spacial score (nSPS) is 8.27. The first-order valence-electron chi connectivity index (χ1n) is 4.06. The van der Waals surface area contributed by atoms with Crippen LogP contribution in [0.5, 0.6) is 0 Å². The molecular weight excluding hydrogens is 286 g/mol. The van der Waals surface area contributed by atoms with Crippen LogP contribution in [0, 0.1) is 0 Å². The summed E-state index contributed by atoms with van der Waals surface area (Å²) in [5.41, 5.74) is 0. The topological polar surface area (TPSA) is 0 Å². The zero-order valence-electron chi connectivity index (χ0n) is 7.21. The Morgan fingerprint density at radius 2 is 1.27 bits per heavy atom. The van der Waals surface area contributed by atoms with Gasteiger partial charge in [0.25, 0.3) is 0 Å². The van der Waals surface area contributed by atoms with Crippen LogP contribution in [0.3, 0.4) is 0 Å². The maximum absolute atomic E-state index is 2.27. The van der Waals surface area contributed by atoms with Gasteiger partial charge >= 0.3 is 72.4 Å². The Labute approximate surface area is 96.8 Å². The fraction of sp³-hybridized carbons (Fsp3) is 1.00. The fourth-order valence-electron chi connectivity index (χ4n) is 0.905. The molecule has 11 heavy (non-hydrogen) atoms. The third-order valence-electron chi connectivity index (χ3n) is 1.53. The first-order chi connectivity index (χ1) is 4.41. The summed E-state index contributed by atoms with van der Waals surface area (Å²) in [6, 6.07) is 0. The van der Waals surface area contributed by atoms with Crippen molar-refractivity contribution in [3.05, 3.63) is 0 Å². The van der Waals surface area contributed by atoms with Gasteiger partial charge in [0.2, 0.25) is 0 Å². The monoisotopic (exact) mass is 303 g/mol. The second kappa shape index (κ2) is 17.5. The third-order valence-corrected chi connectivity index (χ3v) is 2.54. The minimum absolute atomic E-state index is 0. The van der Waals surface area contributed by atoms with Crippen molar-refractivity contribution in [2.24, 2.45) is 0 Å². The molecule has 0 spiro atoms. The molecule has 0 heterocycles. The van der Waals surface area contributed by atoms with Crippen molar-refractivity contribution >= 4 is 22.5 Å². The summed E-state index contributed by atoms with van der Waals surface area (Å²) in [5.74, 6) is 0. The van der Waals surface area contributed by atoms with Gasteiger partial charge in [0, 0.05) is 0 Å². The summed E-state index contributed by atoms with van der Waals surface area (Å²) in [7, 11) is 0. The predicted octanol–water partition coefficient (Wildman–Crippen LogP) is -3.06. The molecular formula is C8H17Cl2Sn+. The number of halogens is 2. The van der Waals surface area contributed by atoms with Gasteiger partial charge in [-0.05, 0) is 0 Å². The average Bonchev–Trinajstić information content (AvgIpc) is 1.89. The molecule has 0 saturated heterocycles. The second-order valence-corrected chi connectivity index (χ2v) is 3.94. The Balaban J connectivity index is -0.000000320. The molecule has 0 aromatic carbocycles. The van der Waals surface area contributed by atoms with Crippen molar-refractivity contribution in [3.63, 3.8) is 0 Å². The molecule has 0 aliphatic rings. The van der Waals surface area contributed by atoms with Crippen LogP contribution in [-0.2, 0) is 0 Å². The first-order valence-corrected chi connectivity index (χ1v) is 6.08. The van der Waals surface area contributed by atoms with E-state index < -0.39 is 0 Å². The zero-order valence-corrected chi connectivity index (χ0v) is 11.6. The Kier molecular flexibility index (Phi) is 28.9. The molecule has 0 aromatic heterocycles. The van der Waals surface area contributed by atoms with Crippen molar-refractivity contribution in [2.75, 3.05) is 0 Å². The van der Waals surface area contributed by atoms with Crippen molar-refractivity contribution in [2.45, 2.75) is 49.9 Å². The summed E-state index contributed by atoms with van der Waals surface area (Å²) in [5, 5.41) is 0. The molecule has 0 unspecified atom stereocenters. The SMILES string of the molecule is CCCCCCC[CH2][Sn+3].[Cl-].[Cl-]. The van der Waals surface area contributed by atoms with Crippen molar-refractivity contribution < 1.29 is 24.8 Å². The second-order valence-electron chi connectivity index (χ2n) is 2.52. The van der Waals surface area contributed by atoms with E-state index in [-0.39, 0.29) is 24.8 Å². The van der Waals surface area contributed by atoms with Crippen LogP contribution in [0.2, 0.25) is 4.44 Å². The Morgan fingerprint density at radius 1 is 0.818 bits per heavy atom. The first kappa shape index (κ1) is 18.2. The van der Waals surface area contributed by atoms with Gasteiger partial charge in [-0.1, -0.05) is 0 Å². The average molecular weight is 303 g/mol. The number of hydrogen-bond donors (Lipinski definition) is 0. The van der Waals surface area contributed by atoms with Crippen molar-refractivity contribution in [1.82, 2.24) is 0 Å². The van der Waals surface area contributed by atoms with Gasteiger partial charge in [-0.3, -0.25) is 0 Å². The Bertz CT molecular complexity index is 45.4. The third kappa shape index (κ3) is 18.4. The molecule has 0 fully saturated rings. The largest absolute Gasteiger partial charge is 1.00 e. The van der Waals surface area contributed by atoms with Gasteiger partial charge < -0.3 is 24.8 Å². The van der Waals surface area contributed by atoms with Crippen LogP contribution in [0.1, 0.15) is 45.4 Å². The Hall–Kier alpha value is 1.38. The van der Waals surface area contributed by atoms with Crippen molar-refractivity contribution in [3.8, 4) is 0 Å². The number of hydrogen-bond acceptors (Lipinski definition) is 0. The van der Waals surface area contributed by atoms with E-state index in [0.29, 0.717) is 0 Å². The van der Waals surface area contributed by atoms with E-state index in [9.17, 15) is 0 Å². The molecule has 3 heteroatoms. The summed E-state index contributed by atoms with van der Waals surface area (Å²) in [4.78, 5) is 0. The predicted molar refractivity (Wildman–Crippen MR) is 43.9 cm³/mol. The molecule has 0 atom stereocenters. The van der Waals surface area contributed by atoms with E-state index in [1.54, 1.807) is 22.5 Å². The molecule has 0 aromatic rings. The van der Waals surface area contributed by atoms with Crippen LogP contribution in [-0.4, -0.2) is 22.5 Å². The van der Waals surface area contributed by atoms with E-state index in [1.807, 2.05) is 0 Å². The number of unbranched alkanes of at least 4 members (excludes halogenated alkanes) is 5. The molecule has 0 amide bonds. The van der Waals surface area contributed by atoms with Gasteiger partial charge in [-0.25, -0.2) is 0 Å². The van der Waals surface area contributed by atoms with E-state index in [0.717, 1.165) is 0 Å². The van der Waals surface area contributed by atoms with Crippen molar-refractivity contribution in [1.29, 1.82) is 0 Å². The Morgan fingerprint density at radius 3 is 1.73 bits per heavy atom. The quantitative estimate of drug-likeness (QED) is 0.361. The molecule has 0 N–H and O–H groups in total. The van der Waals surface area contributed by atoms with Gasteiger partial charge in [-0.15, -0.1) is 0 Å². The summed E-state index contributed by atoms with van der Waals surface area (Å²) >= 11 is 1.71. The van der Waals surface area contributed by atoms with Crippen LogP contribution >= 0.6 is 0 Å². The van der Waals surface area contributed by atoms with Gasteiger partial charge in [0.15, 0.2) is 0 Å². The van der Waals surface area contributed by atoms with E-state index in [2.05, 4.69) is 6.92 Å². The van der Waals surface area contributed by atoms with Gasteiger partial charge in [0.05, 0.1) is 0 Å². The molecule has 0 aliphatic heterocycles. The van der Waals surface area contributed by atoms with E-state index in [1.165, 1.54) is 43.0 Å². The van der Waals surface area contributed by atoms with Crippen LogP contribution < -0.4 is 24.8 Å². The zero-order chi connectivity index (χ0) is 6.95. The van der Waals surface area contributed by atoms with Gasteiger partial charge in [-0.2, -0.15) is 0 Å². The molecule has 0 bridgehead atoms. The molecule has 0 aliphatic carbocycles.